The van der Waals surface area contributed by atoms with Gasteiger partial charge in [-0.25, -0.2) is 0 Å². The lowest BCUT2D eigenvalue weighted by molar-refractivity contribution is -0.133. The second-order valence-electron chi connectivity index (χ2n) is 6.57. The van der Waals surface area contributed by atoms with Gasteiger partial charge in [0.2, 0.25) is 5.91 Å². The van der Waals surface area contributed by atoms with E-state index in [1.807, 2.05) is 0 Å². The average molecular weight is 267 g/mol. The van der Waals surface area contributed by atoms with Crippen LogP contribution in [0.1, 0.15) is 46.0 Å². The predicted octanol–water partition coefficient (Wildman–Crippen LogP) is 1.35. The maximum absolute atomic E-state index is 12.1. The van der Waals surface area contributed by atoms with Gasteiger partial charge in [-0.3, -0.25) is 9.69 Å². The van der Waals surface area contributed by atoms with Crippen LogP contribution < -0.4 is 11.1 Å². The molecule has 0 spiro atoms. The highest BCUT2D eigenvalue weighted by Gasteiger charge is 2.45. The molecule has 2 aliphatic rings. The highest BCUT2D eigenvalue weighted by atomic mass is 16.1. The van der Waals surface area contributed by atoms with E-state index in [0.717, 1.165) is 70.1 Å². The van der Waals surface area contributed by atoms with Crippen LogP contribution in [0.25, 0.3) is 0 Å². The van der Waals surface area contributed by atoms with Crippen LogP contribution in [0.15, 0.2) is 0 Å². The minimum absolute atomic E-state index is 0.100. The van der Waals surface area contributed by atoms with Gasteiger partial charge >= 0.3 is 0 Å². The molecule has 4 heteroatoms. The van der Waals surface area contributed by atoms with E-state index in [1.54, 1.807) is 0 Å². The first kappa shape index (κ1) is 14.8. The van der Waals surface area contributed by atoms with Crippen molar-refractivity contribution in [2.45, 2.75) is 51.5 Å². The van der Waals surface area contributed by atoms with Crippen LogP contribution in [0.5, 0.6) is 0 Å². The Hall–Kier alpha value is -0.610. The second-order valence-corrected chi connectivity index (χ2v) is 6.57. The first-order chi connectivity index (χ1) is 9.06. The number of nitrogens with two attached hydrogens (primary N) is 1. The van der Waals surface area contributed by atoms with Crippen molar-refractivity contribution >= 4 is 5.91 Å². The highest BCUT2D eigenvalue weighted by molar-refractivity contribution is 5.84. The number of carbonyl (C=O) groups is 1. The van der Waals surface area contributed by atoms with E-state index in [0.29, 0.717) is 0 Å². The number of nitrogens with zero attached hydrogens (tertiary/aromatic N) is 1. The predicted molar refractivity (Wildman–Crippen MR) is 77.8 cm³/mol. The molecule has 1 saturated heterocycles. The van der Waals surface area contributed by atoms with Crippen molar-refractivity contribution in [3.05, 3.63) is 0 Å². The fourth-order valence-corrected chi connectivity index (χ4v) is 3.78. The number of hydrogen-bond donors (Lipinski definition) is 2. The van der Waals surface area contributed by atoms with Gasteiger partial charge in [0, 0.05) is 19.6 Å². The molecule has 3 N–H and O–H groups in total. The first-order valence-electron chi connectivity index (χ1n) is 7.82. The third-order valence-electron chi connectivity index (χ3n) is 5.20. The Balaban J connectivity index is 2.08. The van der Waals surface area contributed by atoms with Gasteiger partial charge in [-0.2, -0.15) is 0 Å². The monoisotopic (exact) mass is 267 g/mol. The van der Waals surface area contributed by atoms with E-state index in [-0.39, 0.29) is 11.4 Å². The number of amides is 1. The van der Waals surface area contributed by atoms with Crippen LogP contribution >= 0.6 is 0 Å². The summed E-state index contributed by atoms with van der Waals surface area (Å²) >= 11 is 0. The molecule has 1 aliphatic carbocycles. The SMILES string of the molecule is CC(C)C1CCC(C(N)=O)(N2CCCNCC2)CC1. The lowest BCUT2D eigenvalue weighted by atomic mass is 9.71. The summed E-state index contributed by atoms with van der Waals surface area (Å²) < 4.78 is 0. The Kier molecular flexibility index (Phi) is 4.85. The van der Waals surface area contributed by atoms with Crippen molar-refractivity contribution < 1.29 is 4.79 Å². The van der Waals surface area contributed by atoms with Crippen LogP contribution in [-0.2, 0) is 4.79 Å². The third-order valence-corrected chi connectivity index (χ3v) is 5.20. The molecule has 2 fully saturated rings. The summed E-state index contributed by atoms with van der Waals surface area (Å²) in [5, 5.41) is 3.41. The molecule has 1 saturated carbocycles. The molecule has 2 rings (SSSR count). The zero-order chi connectivity index (χ0) is 13.9. The van der Waals surface area contributed by atoms with Gasteiger partial charge in [0.25, 0.3) is 0 Å². The van der Waals surface area contributed by atoms with Crippen LogP contribution in [0.2, 0.25) is 0 Å². The Bertz CT molecular complexity index is 301. The third kappa shape index (κ3) is 3.11. The highest BCUT2D eigenvalue weighted by Crippen LogP contribution is 2.39. The van der Waals surface area contributed by atoms with E-state index in [4.69, 9.17) is 5.73 Å². The molecular weight excluding hydrogens is 238 g/mol. The Morgan fingerprint density at radius 3 is 2.53 bits per heavy atom. The molecule has 0 aromatic heterocycles. The molecule has 4 nitrogen and oxygen atoms in total. The van der Waals surface area contributed by atoms with E-state index >= 15 is 0 Å². The number of rotatable bonds is 3. The minimum atomic E-state index is -0.364. The van der Waals surface area contributed by atoms with Crippen molar-refractivity contribution in [3.63, 3.8) is 0 Å². The lowest BCUT2D eigenvalue weighted by Crippen LogP contribution is -2.60. The molecule has 110 valence electrons. The molecule has 0 aromatic carbocycles. The molecule has 1 heterocycles. The normalized spacial score (nSPS) is 34.2. The lowest BCUT2D eigenvalue weighted by Gasteiger charge is -2.46. The maximum atomic E-state index is 12.1. The summed E-state index contributed by atoms with van der Waals surface area (Å²) in [6.07, 6.45) is 5.30. The summed E-state index contributed by atoms with van der Waals surface area (Å²) in [4.78, 5) is 14.5. The molecule has 0 radical (unpaired) electrons. The minimum Gasteiger partial charge on any atom is -0.368 e. The fourth-order valence-electron chi connectivity index (χ4n) is 3.78. The van der Waals surface area contributed by atoms with E-state index < -0.39 is 0 Å². The zero-order valence-electron chi connectivity index (χ0n) is 12.5. The molecule has 1 aliphatic heterocycles. The molecule has 1 amide bonds. The van der Waals surface area contributed by atoms with Crippen molar-refractivity contribution in [2.75, 3.05) is 26.2 Å². The van der Waals surface area contributed by atoms with Crippen molar-refractivity contribution in [1.82, 2.24) is 10.2 Å². The largest absolute Gasteiger partial charge is 0.368 e. The number of carbonyl (C=O) groups excluding carboxylic acids is 1. The zero-order valence-corrected chi connectivity index (χ0v) is 12.5. The average Bonchev–Trinajstić information content (AvgIpc) is 2.67. The molecular formula is C15H29N3O. The van der Waals surface area contributed by atoms with E-state index in [9.17, 15) is 4.79 Å². The molecule has 0 atom stereocenters. The Morgan fingerprint density at radius 1 is 1.26 bits per heavy atom. The summed E-state index contributed by atoms with van der Waals surface area (Å²) in [6, 6.07) is 0. The molecule has 0 bridgehead atoms. The number of nitrogens with one attached hydrogen (secondary N) is 1. The van der Waals surface area contributed by atoms with Crippen molar-refractivity contribution in [2.24, 2.45) is 17.6 Å². The summed E-state index contributed by atoms with van der Waals surface area (Å²) in [6.45, 7) is 8.57. The number of primary amides is 1. The van der Waals surface area contributed by atoms with Gasteiger partial charge in [0.1, 0.15) is 5.54 Å². The fraction of sp³-hybridized carbons (Fsp3) is 0.933. The van der Waals surface area contributed by atoms with Gasteiger partial charge in [-0.15, -0.1) is 0 Å². The van der Waals surface area contributed by atoms with E-state index in [2.05, 4.69) is 24.1 Å². The Morgan fingerprint density at radius 2 is 1.95 bits per heavy atom. The maximum Gasteiger partial charge on any atom is 0.237 e. The molecule has 0 unspecified atom stereocenters. The van der Waals surface area contributed by atoms with Gasteiger partial charge in [-0.05, 0) is 50.5 Å². The van der Waals surface area contributed by atoms with Crippen molar-refractivity contribution in [3.8, 4) is 0 Å². The van der Waals surface area contributed by atoms with E-state index in [1.165, 1.54) is 0 Å². The van der Waals surface area contributed by atoms with Crippen LogP contribution in [0.4, 0.5) is 0 Å². The summed E-state index contributed by atoms with van der Waals surface area (Å²) in [5.41, 5.74) is 5.44. The van der Waals surface area contributed by atoms with Crippen molar-refractivity contribution in [1.29, 1.82) is 0 Å². The quantitative estimate of drug-likeness (QED) is 0.811. The number of hydrogen-bond acceptors (Lipinski definition) is 3. The Labute approximate surface area is 117 Å². The summed E-state index contributed by atoms with van der Waals surface area (Å²) in [7, 11) is 0. The first-order valence-corrected chi connectivity index (χ1v) is 7.82. The smallest absolute Gasteiger partial charge is 0.237 e. The standard InChI is InChI=1S/C15H29N3O/c1-12(2)13-4-6-15(7-5-13,14(16)19)18-10-3-8-17-9-11-18/h12-13,17H,3-11H2,1-2H3,(H2,16,19). The van der Waals surface area contributed by atoms with Gasteiger partial charge in [-0.1, -0.05) is 13.8 Å². The van der Waals surface area contributed by atoms with Gasteiger partial charge in [0.05, 0.1) is 0 Å². The van der Waals surface area contributed by atoms with Gasteiger partial charge in [0.15, 0.2) is 0 Å². The topological polar surface area (TPSA) is 58.4 Å². The second kappa shape index (κ2) is 6.23. The van der Waals surface area contributed by atoms with Crippen LogP contribution in [0.3, 0.4) is 0 Å². The van der Waals surface area contributed by atoms with Crippen LogP contribution in [0, 0.1) is 11.8 Å². The summed E-state index contributed by atoms with van der Waals surface area (Å²) in [5.74, 6) is 1.38. The molecule has 19 heavy (non-hydrogen) atoms. The van der Waals surface area contributed by atoms with Crippen LogP contribution in [-0.4, -0.2) is 42.5 Å². The molecule has 0 aromatic rings. The van der Waals surface area contributed by atoms with Gasteiger partial charge < -0.3 is 11.1 Å².